The van der Waals surface area contributed by atoms with E-state index in [0.717, 1.165) is 5.39 Å². The molecular weight excluding hydrogens is 309 g/mol. The molecule has 2 aromatic carbocycles. The lowest BCUT2D eigenvalue weighted by molar-refractivity contribution is 0.0933. The fourth-order valence-corrected chi connectivity index (χ4v) is 2.22. The SMILES string of the molecule is COc1cccc2cc(C(=O)NCC#Cc3ccccc3F)oc12. The second-order valence-electron chi connectivity index (χ2n) is 4.95. The number of hydrogen-bond acceptors (Lipinski definition) is 3. The van der Waals surface area contributed by atoms with Gasteiger partial charge in [-0.25, -0.2) is 4.39 Å². The second kappa shape index (κ2) is 6.88. The minimum Gasteiger partial charge on any atom is -0.493 e. The van der Waals surface area contributed by atoms with E-state index >= 15 is 0 Å². The molecule has 0 radical (unpaired) electrons. The molecule has 120 valence electrons. The largest absolute Gasteiger partial charge is 0.493 e. The molecule has 0 fully saturated rings. The van der Waals surface area contributed by atoms with Gasteiger partial charge in [0.15, 0.2) is 17.1 Å². The predicted octanol–water partition coefficient (Wildman–Crippen LogP) is 3.36. The zero-order valence-corrected chi connectivity index (χ0v) is 12.9. The van der Waals surface area contributed by atoms with E-state index in [4.69, 9.17) is 9.15 Å². The molecule has 0 aliphatic rings. The molecular formula is C19H14FNO3. The Morgan fingerprint density at radius 1 is 1.25 bits per heavy atom. The third-order valence-corrected chi connectivity index (χ3v) is 3.39. The number of hydrogen-bond donors (Lipinski definition) is 1. The van der Waals surface area contributed by atoms with Crippen LogP contribution in [0.1, 0.15) is 16.1 Å². The van der Waals surface area contributed by atoms with Crippen LogP contribution < -0.4 is 10.1 Å². The Balaban J connectivity index is 1.69. The van der Waals surface area contributed by atoms with Crippen LogP contribution in [0.3, 0.4) is 0 Å². The fourth-order valence-electron chi connectivity index (χ4n) is 2.22. The molecule has 0 spiro atoms. The number of fused-ring (bicyclic) bond motifs is 1. The summed E-state index contributed by atoms with van der Waals surface area (Å²) in [5.74, 6) is 5.33. The molecule has 1 amide bonds. The van der Waals surface area contributed by atoms with Gasteiger partial charge in [-0.15, -0.1) is 0 Å². The van der Waals surface area contributed by atoms with Crippen LogP contribution in [0.5, 0.6) is 5.75 Å². The molecule has 4 nitrogen and oxygen atoms in total. The Labute approximate surface area is 138 Å². The summed E-state index contributed by atoms with van der Waals surface area (Å²) >= 11 is 0. The van der Waals surface area contributed by atoms with Gasteiger partial charge < -0.3 is 14.5 Å². The fraction of sp³-hybridized carbons (Fsp3) is 0.105. The van der Waals surface area contributed by atoms with Gasteiger partial charge >= 0.3 is 0 Å². The van der Waals surface area contributed by atoms with E-state index in [9.17, 15) is 9.18 Å². The zero-order valence-electron chi connectivity index (χ0n) is 12.9. The summed E-state index contributed by atoms with van der Waals surface area (Å²) in [6, 6.07) is 13.3. The standard InChI is InChI=1S/C19H14FNO3/c1-23-16-10-4-7-14-12-17(24-18(14)16)19(22)21-11-5-8-13-6-2-3-9-15(13)20/h2-4,6-7,9-10,12H,11H2,1H3,(H,21,22). The van der Waals surface area contributed by atoms with Crippen molar-refractivity contribution in [2.24, 2.45) is 0 Å². The number of methoxy groups -OCH3 is 1. The molecule has 0 bridgehead atoms. The van der Waals surface area contributed by atoms with E-state index in [1.54, 1.807) is 30.3 Å². The van der Waals surface area contributed by atoms with Crippen LogP contribution in [0, 0.1) is 17.7 Å². The average molecular weight is 323 g/mol. The summed E-state index contributed by atoms with van der Waals surface area (Å²) in [7, 11) is 1.54. The van der Waals surface area contributed by atoms with Crippen molar-refractivity contribution in [3.8, 4) is 17.6 Å². The normalized spacial score (nSPS) is 10.1. The first-order valence-electron chi connectivity index (χ1n) is 7.27. The number of carbonyl (C=O) groups excluding carboxylic acids is 1. The van der Waals surface area contributed by atoms with Crippen molar-refractivity contribution in [2.45, 2.75) is 0 Å². The molecule has 1 heterocycles. The van der Waals surface area contributed by atoms with Gasteiger partial charge in [0, 0.05) is 5.39 Å². The Morgan fingerprint density at radius 2 is 2.08 bits per heavy atom. The molecule has 0 aliphatic heterocycles. The summed E-state index contributed by atoms with van der Waals surface area (Å²) in [4.78, 5) is 12.1. The number of rotatable bonds is 3. The number of nitrogens with one attached hydrogen (secondary N) is 1. The first-order chi connectivity index (χ1) is 11.7. The highest BCUT2D eigenvalue weighted by atomic mass is 19.1. The number of ether oxygens (including phenoxy) is 1. The molecule has 0 saturated heterocycles. The molecule has 3 aromatic rings. The number of para-hydroxylation sites is 1. The summed E-state index contributed by atoms with van der Waals surface area (Å²) in [5.41, 5.74) is 0.808. The van der Waals surface area contributed by atoms with Crippen molar-refractivity contribution in [1.82, 2.24) is 5.32 Å². The second-order valence-corrected chi connectivity index (χ2v) is 4.95. The Morgan fingerprint density at radius 3 is 2.88 bits per heavy atom. The predicted molar refractivity (Wildman–Crippen MR) is 88.4 cm³/mol. The number of benzene rings is 2. The lowest BCUT2D eigenvalue weighted by Gasteiger charge is -1.99. The van der Waals surface area contributed by atoms with E-state index in [-0.39, 0.29) is 18.1 Å². The van der Waals surface area contributed by atoms with E-state index < -0.39 is 5.91 Å². The molecule has 3 rings (SSSR count). The first-order valence-corrected chi connectivity index (χ1v) is 7.27. The third kappa shape index (κ3) is 3.23. The molecule has 24 heavy (non-hydrogen) atoms. The average Bonchev–Trinajstić information content (AvgIpc) is 3.04. The molecule has 0 saturated carbocycles. The Hall–Kier alpha value is -3.26. The highest BCUT2D eigenvalue weighted by molar-refractivity contribution is 5.97. The Bertz CT molecular complexity index is 950. The molecule has 5 heteroatoms. The number of halogens is 1. The molecule has 1 N–H and O–H groups in total. The van der Waals surface area contributed by atoms with Crippen LogP contribution >= 0.6 is 0 Å². The highest BCUT2D eigenvalue weighted by Gasteiger charge is 2.13. The minimum atomic E-state index is -0.393. The van der Waals surface area contributed by atoms with E-state index in [0.29, 0.717) is 16.9 Å². The highest BCUT2D eigenvalue weighted by Crippen LogP contribution is 2.28. The van der Waals surface area contributed by atoms with Crippen LogP contribution in [-0.4, -0.2) is 19.6 Å². The lowest BCUT2D eigenvalue weighted by Crippen LogP contribution is -2.22. The van der Waals surface area contributed by atoms with Crippen LogP contribution in [-0.2, 0) is 0 Å². The summed E-state index contributed by atoms with van der Waals surface area (Å²) < 4.78 is 24.2. The van der Waals surface area contributed by atoms with Gasteiger partial charge in [-0.05, 0) is 24.3 Å². The van der Waals surface area contributed by atoms with Crippen molar-refractivity contribution in [2.75, 3.05) is 13.7 Å². The third-order valence-electron chi connectivity index (χ3n) is 3.39. The van der Waals surface area contributed by atoms with Crippen LogP contribution in [0.4, 0.5) is 4.39 Å². The maximum absolute atomic E-state index is 13.4. The molecule has 1 aromatic heterocycles. The number of carbonyl (C=O) groups is 1. The van der Waals surface area contributed by atoms with Gasteiger partial charge in [0.25, 0.3) is 5.91 Å². The van der Waals surface area contributed by atoms with Gasteiger partial charge in [0.2, 0.25) is 0 Å². The number of amides is 1. The van der Waals surface area contributed by atoms with Crippen molar-refractivity contribution in [3.63, 3.8) is 0 Å². The summed E-state index contributed by atoms with van der Waals surface area (Å²) in [6.07, 6.45) is 0. The van der Waals surface area contributed by atoms with Gasteiger partial charge in [-0.1, -0.05) is 36.1 Å². The Kier molecular flexibility index (Phi) is 4.48. The van der Waals surface area contributed by atoms with Crippen LogP contribution in [0.15, 0.2) is 52.9 Å². The minimum absolute atomic E-state index is 0.0847. The van der Waals surface area contributed by atoms with E-state index in [1.165, 1.54) is 13.2 Å². The van der Waals surface area contributed by atoms with Gasteiger partial charge in [-0.2, -0.15) is 0 Å². The smallest absolute Gasteiger partial charge is 0.287 e. The van der Waals surface area contributed by atoms with Crippen molar-refractivity contribution in [1.29, 1.82) is 0 Å². The van der Waals surface area contributed by atoms with E-state index in [1.807, 2.05) is 12.1 Å². The van der Waals surface area contributed by atoms with E-state index in [2.05, 4.69) is 17.2 Å². The topological polar surface area (TPSA) is 51.5 Å². The first kappa shape index (κ1) is 15.6. The van der Waals surface area contributed by atoms with Crippen LogP contribution in [0.2, 0.25) is 0 Å². The molecule has 0 aliphatic carbocycles. The van der Waals surface area contributed by atoms with Crippen molar-refractivity contribution >= 4 is 16.9 Å². The van der Waals surface area contributed by atoms with Crippen molar-refractivity contribution in [3.05, 3.63) is 65.7 Å². The van der Waals surface area contributed by atoms with Gasteiger partial charge in [-0.3, -0.25) is 4.79 Å². The summed E-state index contributed by atoms with van der Waals surface area (Å²) in [6.45, 7) is 0.0847. The maximum Gasteiger partial charge on any atom is 0.287 e. The maximum atomic E-state index is 13.4. The zero-order chi connectivity index (χ0) is 16.9. The van der Waals surface area contributed by atoms with Crippen LogP contribution in [0.25, 0.3) is 11.0 Å². The van der Waals surface area contributed by atoms with Gasteiger partial charge in [0.1, 0.15) is 5.82 Å². The molecule has 0 atom stereocenters. The quantitative estimate of drug-likeness (QED) is 0.752. The molecule has 0 unspecified atom stereocenters. The van der Waals surface area contributed by atoms with Gasteiger partial charge in [0.05, 0.1) is 19.2 Å². The number of furan rings is 1. The van der Waals surface area contributed by atoms with Crippen molar-refractivity contribution < 1.29 is 18.3 Å². The monoisotopic (exact) mass is 323 g/mol. The summed E-state index contributed by atoms with van der Waals surface area (Å²) in [5, 5.41) is 3.39. The lowest BCUT2D eigenvalue weighted by atomic mass is 10.2.